The average molecular weight is 204 g/mol. The van der Waals surface area contributed by atoms with Crippen LogP contribution in [0.15, 0.2) is 0 Å². The average Bonchev–Trinajstić information content (AvgIpc) is 2.64. The monoisotopic (exact) mass is 205 g/mol. The molecule has 3 atom stereocenters. The minimum atomic E-state index is 0.384. The van der Waals surface area contributed by atoms with Gasteiger partial charge in [0.15, 0.2) is 0 Å². The van der Waals surface area contributed by atoms with Gasteiger partial charge >= 0.3 is 64.8 Å². The van der Waals surface area contributed by atoms with Crippen molar-refractivity contribution in [3.05, 3.63) is 0 Å². The third-order valence-electron chi connectivity index (χ3n) is 1.71. The second-order valence-corrected chi connectivity index (χ2v) is 5.97. The molecule has 0 bridgehead atoms. The summed E-state index contributed by atoms with van der Waals surface area (Å²) in [5.41, 5.74) is 0. The van der Waals surface area contributed by atoms with Gasteiger partial charge in [0, 0.05) is 0 Å². The summed E-state index contributed by atoms with van der Waals surface area (Å²) >= 11 is 0.652. The van der Waals surface area contributed by atoms with E-state index in [1.165, 1.54) is 0 Å². The molecule has 49 valence electrons. The summed E-state index contributed by atoms with van der Waals surface area (Å²) in [6.07, 6.45) is 2.21. The van der Waals surface area contributed by atoms with E-state index >= 15 is 0 Å². The van der Waals surface area contributed by atoms with Crippen molar-refractivity contribution in [3.8, 4) is 0 Å². The van der Waals surface area contributed by atoms with E-state index in [0.29, 0.717) is 31.2 Å². The van der Waals surface area contributed by atoms with Crippen LogP contribution in [-0.4, -0.2) is 31.5 Å². The minimum absolute atomic E-state index is 0.384. The summed E-state index contributed by atoms with van der Waals surface area (Å²) in [5, 5.41) is 0. The molecule has 0 unspecified atom stereocenters. The molecular formula is C6H9OSeSi. The van der Waals surface area contributed by atoms with Crippen LogP contribution in [0.4, 0.5) is 0 Å². The van der Waals surface area contributed by atoms with Crippen molar-refractivity contribution >= 4 is 31.5 Å². The Hall–Kier alpha value is 0.406. The molecule has 1 aliphatic rings. The van der Waals surface area contributed by atoms with Crippen LogP contribution in [0.3, 0.4) is 0 Å². The van der Waals surface area contributed by atoms with Gasteiger partial charge in [0.25, 0.3) is 0 Å². The molecule has 0 amide bonds. The van der Waals surface area contributed by atoms with Crippen LogP contribution in [0.1, 0.15) is 6.42 Å². The Labute approximate surface area is 65.2 Å². The van der Waals surface area contributed by atoms with Crippen molar-refractivity contribution in [1.29, 1.82) is 0 Å². The van der Waals surface area contributed by atoms with Gasteiger partial charge in [-0.3, -0.25) is 0 Å². The van der Waals surface area contributed by atoms with E-state index < -0.39 is 0 Å². The molecule has 0 saturated heterocycles. The van der Waals surface area contributed by atoms with Crippen molar-refractivity contribution in [2.45, 2.75) is 16.7 Å². The van der Waals surface area contributed by atoms with Gasteiger partial charge in [0.1, 0.15) is 0 Å². The molecule has 0 heterocycles. The molecule has 0 aromatic heterocycles. The van der Waals surface area contributed by atoms with E-state index in [1.54, 1.807) is 0 Å². The van der Waals surface area contributed by atoms with Crippen LogP contribution in [0.2, 0.25) is 10.3 Å². The van der Waals surface area contributed by atoms with Gasteiger partial charge in [-0.15, -0.1) is 0 Å². The van der Waals surface area contributed by atoms with E-state index in [1.807, 2.05) is 0 Å². The van der Waals surface area contributed by atoms with Crippen LogP contribution in [-0.2, 0) is 4.79 Å². The maximum atomic E-state index is 10.2. The van der Waals surface area contributed by atoms with Crippen molar-refractivity contribution in [3.63, 3.8) is 0 Å². The van der Waals surface area contributed by atoms with Gasteiger partial charge in [-0.05, 0) is 0 Å². The number of hydrogen-bond acceptors (Lipinski definition) is 1. The summed E-state index contributed by atoms with van der Waals surface area (Å²) in [4.78, 5) is 10.2. The quantitative estimate of drug-likeness (QED) is 0.483. The van der Waals surface area contributed by atoms with Gasteiger partial charge in [-0.1, -0.05) is 0 Å². The van der Waals surface area contributed by atoms with Gasteiger partial charge in [-0.25, -0.2) is 0 Å². The third-order valence-corrected chi connectivity index (χ3v) is 5.16. The van der Waals surface area contributed by atoms with Crippen LogP contribution < -0.4 is 0 Å². The van der Waals surface area contributed by atoms with Crippen LogP contribution in [0.5, 0.6) is 0 Å². The van der Waals surface area contributed by atoms with Gasteiger partial charge in [0.2, 0.25) is 0 Å². The Morgan fingerprint density at radius 3 is 2.89 bits per heavy atom. The Kier molecular flexibility index (Phi) is 2.50. The molecule has 1 fully saturated rings. The van der Waals surface area contributed by atoms with E-state index in [0.717, 1.165) is 12.7 Å². The molecule has 1 saturated carbocycles. The predicted molar refractivity (Wildman–Crippen MR) is 38.8 cm³/mol. The van der Waals surface area contributed by atoms with Crippen LogP contribution in [0.25, 0.3) is 0 Å². The molecule has 1 nitrogen and oxygen atoms in total. The molecule has 3 heteroatoms. The first-order valence-corrected chi connectivity index (χ1v) is 6.26. The van der Waals surface area contributed by atoms with E-state index in [9.17, 15) is 4.79 Å². The number of hydrogen-bond donors (Lipinski definition) is 0. The second-order valence-electron chi connectivity index (χ2n) is 2.36. The zero-order chi connectivity index (χ0) is 6.85. The SMILES string of the molecule is C[Se][C@H]([Si])[C@@H]1C[C@H]1C=O. The van der Waals surface area contributed by atoms with Crippen molar-refractivity contribution in [2.24, 2.45) is 11.8 Å². The second kappa shape index (κ2) is 3.00. The Bertz CT molecular complexity index is 118. The molecule has 0 spiro atoms. The summed E-state index contributed by atoms with van der Waals surface area (Å²) in [7, 11) is 3.60. The van der Waals surface area contributed by atoms with E-state index in [2.05, 4.69) is 16.1 Å². The van der Waals surface area contributed by atoms with Gasteiger partial charge in [0.05, 0.1) is 0 Å². The molecular weight excluding hydrogens is 195 g/mol. The first kappa shape index (κ1) is 7.51. The molecule has 0 aromatic rings. The van der Waals surface area contributed by atoms with Gasteiger partial charge in [-0.2, -0.15) is 0 Å². The predicted octanol–water partition coefficient (Wildman–Crippen LogP) is 0.488. The first-order valence-electron chi connectivity index (χ1n) is 2.98. The molecule has 1 rings (SSSR count). The van der Waals surface area contributed by atoms with Crippen molar-refractivity contribution < 1.29 is 4.79 Å². The Morgan fingerprint density at radius 2 is 2.56 bits per heavy atom. The van der Waals surface area contributed by atoms with Crippen LogP contribution >= 0.6 is 0 Å². The standard InChI is InChI=1S/C6H9OSeSi/c1-8-6(9)5-2-4(5)3-7/h3-6H,2H2,1H3/t4-,5+,6+/m0/s1. The summed E-state index contributed by atoms with van der Waals surface area (Å²) in [6.45, 7) is 0. The summed E-state index contributed by atoms with van der Waals surface area (Å²) in [6, 6.07) is 0. The fourth-order valence-corrected chi connectivity index (χ4v) is 2.69. The Morgan fingerprint density at radius 1 is 1.89 bits per heavy atom. The molecule has 9 heavy (non-hydrogen) atoms. The maximum absolute atomic E-state index is 10.2. The summed E-state index contributed by atoms with van der Waals surface area (Å²) in [5.74, 6) is 3.25. The fraction of sp³-hybridized carbons (Fsp3) is 0.833. The number of aldehydes is 1. The first-order chi connectivity index (χ1) is 4.29. The number of rotatable bonds is 3. The van der Waals surface area contributed by atoms with Crippen molar-refractivity contribution in [2.75, 3.05) is 0 Å². The fourth-order valence-electron chi connectivity index (χ4n) is 0.915. The molecule has 1 aliphatic carbocycles. The number of carbonyl (C=O) groups is 1. The normalized spacial score (nSPS) is 35.8. The molecule has 0 aliphatic heterocycles. The van der Waals surface area contributed by atoms with Crippen molar-refractivity contribution in [1.82, 2.24) is 0 Å². The zero-order valence-electron chi connectivity index (χ0n) is 5.33. The van der Waals surface area contributed by atoms with Gasteiger partial charge < -0.3 is 0 Å². The van der Waals surface area contributed by atoms with E-state index in [4.69, 9.17) is 0 Å². The Balaban J connectivity index is 2.24. The molecule has 0 N–H and O–H groups in total. The topological polar surface area (TPSA) is 17.1 Å². The summed E-state index contributed by atoms with van der Waals surface area (Å²) < 4.78 is 0.632. The van der Waals surface area contributed by atoms with E-state index in [-0.39, 0.29) is 0 Å². The third kappa shape index (κ3) is 1.66. The van der Waals surface area contributed by atoms with Crippen LogP contribution in [0, 0.1) is 11.8 Å². The zero-order valence-corrected chi connectivity index (χ0v) is 8.05. The molecule has 0 aromatic carbocycles. The molecule has 3 radical (unpaired) electrons. The number of carbonyl (C=O) groups excluding carboxylic acids is 1.